The molecule has 126 valence electrons. The molecule has 0 saturated heterocycles. The Morgan fingerprint density at radius 3 is 2.72 bits per heavy atom. The zero-order valence-electron chi connectivity index (χ0n) is 15.5. The normalized spacial score (nSPS) is 29.2. The molecule has 1 fully saturated rings. The number of hydrogen-bond donors (Lipinski definition) is 0. The van der Waals surface area contributed by atoms with E-state index in [0.717, 1.165) is 18.3 Å². The minimum Gasteiger partial charge on any atom is -0.0760 e. The highest BCUT2D eigenvalue weighted by molar-refractivity contribution is 5.89. The molecule has 3 atom stereocenters. The number of hydrogen-bond acceptors (Lipinski definition) is 0. The van der Waals surface area contributed by atoms with E-state index < -0.39 is 0 Å². The summed E-state index contributed by atoms with van der Waals surface area (Å²) >= 11 is 0. The smallest absolute Gasteiger partial charge is 0.0276 e. The number of benzene rings is 1. The molecule has 0 spiro atoms. The second kappa shape index (κ2) is 5.46. The summed E-state index contributed by atoms with van der Waals surface area (Å²) in [6.45, 7) is 6.75. The fourth-order valence-corrected chi connectivity index (χ4v) is 5.14. The van der Waals surface area contributed by atoms with Gasteiger partial charge >= 0.3 is 0 Å². The van der Waals surface area contributed by atoms with Gasteiger partial charge in [-0.2, -0.15) is 0 Å². The van der Waals surface area contributed by atoms with E-state index in [2.05, 4.69) is 69.4 Å². The van der Waals surface area contributed by atoms with Gasteiger partial charge in [0.1, 0.15) is 0 Å². The Morgan fingerprint density at radius 2 is 1.96 bits per heavy atom. The van der Waals surface area contributed by atoms with Crippen molar-refractivity contribution in [3.8, 4) is 0 Å². The van der Waals surface area contributed by atoms with Gasteiger partial charge in [-0.05, 0) is 78.4 Å². The van der Waals surface area contributed by atoms with E-state index >= 15 is 0 Å². The molecular weight excluding hydrogens is 300 g/mol. The number of fused-ring (bicyclic) bond motifs is 7. The van der Waals surface area contributed by atoms with Gasteiger partial charge in [0.2, 0.25) is 0 Å². The van der Waals surface area contributed by atoms with Gasteiger partial charge in [0.05, 0.1) is 0 Å². The van der Waals surface area contributed by atoms with Crippen LogP contribution in [0.1, 0.15) is 55.7 Å². The van der Waals surface area contributed by atoms with E-state index in [1.165, 1.54) is 40.7 Å². The predicted molar refractivity (Wildman–Crippen MR) is 106 cm³/mol. The molecule has 25 heavy (non-hydrogen) atoms. The molecule has 0 aliphatic heterocycles. The van der Waals surface area contributed by atoms with Crippen molar-refractivity contribution >= 4 is 5.57 Å². The summed E-state index contributed by atoms with van der Waals surface area (Å²) in [5.41, 5.74) is 12.0. The third-order valence-electron chi connectivity index (χ3n) is 6.57. The highest BCUT2D eigenvalue weighted by atomic mass is 14.4. The van der Waals surface area contributed by atoms with Crippen LogP contribution < -0.4 is 0 Å². The molecule has 4 aliphatic carbocycles. The first kappa shape index (κ1) is 15.2. The molecule has 0 amide bonds. The van der Waals surface area contributed by atoms with Crippen LogP contribution in [0.4, 0.5) is 0 Å². The van der Waals surface area contributed by atoms with E-state index in [0.29, 0.717) is 5.92 Å². The standard InChI is InChI=1S/C25H26/c1-4-17-13-19-11-15(2)5-8-21(19)24-14-18-7-10-20(18)23-12-16(3)6-9-22(23)25(17)24/h5-6,8-9,11-14,18,20-21H,4,7,10H2,1-3H3. The highest BCUT2D eigenvalue weighted by Crippen LogP contribution is 2.54. The average Bonchev–Trinajstić information content (AvgIpc) is 2.66. The first-order valence-electron chi connectivity index (χ1n) is 9.80. The third-order valence-corrected chi connectivity index (χ3v) is 6.57. The maximum atomic E-state index is 2.64. The molecule has 5 rings (SSSR count). The minimum absolute atomic E-state index is 0.447. The lowest BCUT2D eigenvalue weighted by molar-refractivity contribution is 0.316. The molecule has 0 radical (unpaired) electrons. The monoisotopic (exact) mass is 326 g/mol. The lowest BCUT2D eigenvalue weighted by atomic mass is 9.69. The highest BCUT2D eigenvalue weighted by Gasteiger charge is 2.39. The van der Waals surface area contributed by atoms with E-state index in [9.17, 15) is 0 Å². The van der Waals surface area contributed by atoms with Crippen LogP contribution in [0, 0.1) is 18.8 Å². The largest absolute Gasteiger partial charge is 0.0760 e. The van der Waals surface area contributed by atoms with Crippen LogP contribution in [-0.2, 0) is 0 Å². The SMILES string of the molecule is CCC1=C2C(=CC3CCC3c3cc(C)ccc32)C2C=CC(C)=CC2=C1. The first-order valence-corrected chi connectivity index (χ1v) is 9.80. The summed E-state index contributed by atoms with van der Waals surface area (Å²) in [5, 5.41) is 0. The van der Waals surface area contributed by atoms with Crippen molar-refractivity contribution < 1.29 is 0 Å². The van der Waals surface area contributed by atoms with E-state index in [1.54, 1.807) is 16.7 Å². The molecule has 3 unspecified atom stereocenters. The van der Waals surface area contributed by atoms with Crippen LogP contribution in [0.15, 0.2) is 70.9 Å². The van der Waals surface area contributed by atoms with Gasteiger partial charge in [-0.25, -0.2) is 0 Å². The minimum atomic E-state index is 0.447. The number of aryl methyl sites for hydroxylation is 1. The Labute approximate surface area is 151 Å². The van der Waals surface area contributed by atoms with Crippen molar-refractivity contribution in [3.05, 3.63) is 87.6 Å². The van der Waals surface area contributed by atoms with Crippen LogP contribution in [-0.4, -0.2) is 0 Å². The Balaban J connectivity index is 1.80. The molecule has 1 aromatic rings. The van der Waals surface area contributed by atoms with Crippen LogP contribution in [0.2, 0.25) is 0 Å². The molecule has 0 nitrogen and oxygen atoms in total. The molecule has 0 bridgehead atoms. The molecule has 1 aromatic carbocycles. The van der Waals surface area contributed by atoms with Crippen molar-refractivity contribution in [2.24, 2.45) is 11.8 Å². The zero-order valence-corrected chi connectivity index (χ0v) is 15.5. The van der Waals surface area contributed by atoms with Crippen molar-refractivity contribution in [3.63, 3.8) is 0 Å². The summed E-state index contributed by atoms with van der Waals surface area (Å²) in [6, 6.07) is 7.16. The molecule has 0 aromatic heterocycles. The fourth-order valence-electron chi connectivity index (χ4n) is 5.14. The van der Waals surface area contributed by atoms with Gasteiger partial charge in [-0.3, -0.25) is 0 Å². The van der Waals surface area contributed by atoms with E-state index in [4.69, 9.17) is 0 Å². The second-order valence-electron chi connectivity index (χ2n) is 8.18. The van der Waals surface area contributed by atoms with E-state index in [-0.39, 0.29) is 0 Å². The van der Waals surface area contributed by atoms with Gasteiger partial charge in [0.25, 0.3) is 0 Å². The van der Waals surface area contributed by atoms with Crippen LogP contribution in [0.3, 0.4) is 0 Å². The third kappa shape index (κ3) is 2.20. The van der Waals surface area contributed by atoms with Crippen molar-refractivity contribution in [1.82, 2.24) is 0 Å². The molecule has 0 N–H and O–H groups in total. The number of rotatable bonds is 1. The van der Waals surface area contributed by atoms with Gasteiger partial charge in [0, 0.05) is 5.92 Å². The summed E-state index contributed by atoms with van der Waals surface area (Å²) in [4.78, 5) is 0. The predicted octanol–water partition coefficient (Wildman–Crippen LogP) is 6.66. The summed E-state index contributed by atoms with van der Waals surface area (Å²) in [7, 11) is 0. The number of allylic oxidation sites excluding steroid dienone is 10. The summed E-state index contributed by atoms with van der Waals surface area (Å²) in [5.74, 6) is 1.90. The molecule has 4 aliphatic rings. The van der Waals surface area contributed by atoms with Crippen molar-refractivity contribution in [2.75, 3.05) is 0 Å². The van der Waals surface area contributed by atoms with Gasteiger partial charge in [-0.15, -0.1) is 0 Å². The molecule has 0 heteroatoms. The molecular formula is C25H26. The summed E-state index contributed by atoms with van der Waals surface area (Å²) < 4.78 is 0. The molecule has 0 heterocycles. The van der Waals surface area contributed by atoms with Gasteiger partial charge < -0.3 is 0 Å². The zero-order chi connectivity index (χ0) is 17.1. The van der Waals surface area contributed by atoms with Crippen LogP contribution in [0.5, 0.6) is 0 Å². The van der Waals surface area contributed by atoms with Crippen molar-refractivity contribution in [2.45, 2.75) is 46.0 Å². The topological polar surface area (TPSA) is 0 Å². The average molecular weight is 326 g/mol. The van der Waals surface area contributed by atoms with Gasteiger partial charge in [-0.1, -0.05) is 66.6 Å². The maximum absolute atomic E-state index is 2.64. The van der Waals surface area contributed by atoms with Gasteiger partial charge in [0.15, 0.2) is 0 Å². The van der Waals surface area contributed by atoms with Crippen LogP contribution >= 0.6 is 0 Å². The Kier molecular flexibility index (Phi) is 3.32. The second-order valence-corrected chi connectivity index (χ2v) is 8.18. The first-order chi connectivity index (χ1) is 12.2. The maximum Gasteiger partial charge on any atom is 0.0276 e. The molecule has 1 saturated carbocycles. The lowest BCUT2D eigenvalue weighted by Gasteiger charge is -2.35. The van der Waals surface area contributed by atoms with Crippen molar-refractivity contribution in [1.29, 1.82) is 0 Å². The Morgan fingerprint density at radius 1 is 1.08 bits per heavy atom. The fraction of sp³-hybridized carbons (Fsp3) is 0.360. The Bertz CT molecular complexity index is 913. The Hall–Kier alpha value is -2.08. The lowest BCUT2D eigenvalue weighted by Crippen LogP contribution is -2.22. The van der Waals surface area contributed by atoms with E-state index in [1.807, 2.05) is 0 Å². The summed E-state index contributed by atoms with van der Waals surface area (Å²) in [6.07, 6.45) is 16.0. The van der Waals surface area contributed by atoms with Crippen LogP contribution in [0.25, 0.3) is 5.57 Å². The quantitative estimate of drug-likeness (QED) is 0.541.